The Balaban J connectivity index is 1.73. The van der Waals surface area contributed by atoms with Gasteiger partial charge in [-0.2, -0.15) is 0 Å². The van der Waals surface area contributed by atoms with E-state index in [0.29, 0.717) is 29.9 Å². The summed E-state index contributed by atoms with van der Waals surface area (Å²) in [5.74, 6) is -0.111. The van der Waals surface area contributed by atoms with E-state index in [0.717, 1.165) is 28.2 Å². The van der Waals surface area contributed by atoms with Gasteiger partial charge in [0, 0.05) is 40.9 Å². The number of hydrogen-bond acceptors (Lipinski definition) is 5. The topological polar surface area (TPSA) is 78.7 Å². The standard InChI is InChI=1S/C23H23N5O2S/c1-27(2)9-8-24-23(30)17-6-3-5-16(11-17)20-13-25-22-19(26-15-29)12-18(14-28(20)22)21-7-4-10-31-21/h3-7,10-15H,8-9H2,1-2H3,(H,24,30)(H,26,29). The van der Waals surface area contributed by atoms with E-state index in [4.69, 9.17) is 0 Å². The Morgan fingerprint density at radius 2 is 2.06 bits per heavy atom. The lowest BCUT2D eigenvalue weighted by molar-refractivity contribution is -0.105. The number of anilines is 1. The van der Waals surface area contributed by atoms with Gasteiger partial charge in [0.25, 0.3) is 5.91 Å². The summed E-state index contributed by atoms with van der Waals surface area (Å²) >= 11 is 1.63. The van der Waals surface area contributed by atoms with Gasteiger partial charge in [-0.1, -0.05) is 18.2 Å². The van der Waals surface area contributed by atoms with Gasteiger partial charge < -0.3 is 15.5 Å². The zero-order valence-corrected chi connectivity index (χ0v) is 18.1. The van der Waals surface area contributed by atoms with Crippen molar-refractivity contribution in [1.82, 2.24) is 19.6 Å². The van der Waals surface area contributed by atoms with Crippen molar-refractivity contribution in [3.63, 3.8) is 0 Å². The maximum Gasteiger partial charge on any atom is 0.251 e. The number of carbonyl (C=O) groups is 2. The number of nitrogens with zero attached hydrogens (tertiary/aromatic N) is 3. The Morgan fingerprint density at radius 3 is 2.81 bits per heavy atom. The highest BCUT2D eigenvalue weighted by Crippen LogP contribution is 2.32. The summed E-state index contributed by atoms with van der Waals surface area (Å²) in [7, 11) is 3.94. The number of amides is 2. The van der Waals surface area contributed by atoms with Crippen LogP contribution in [0.25, 0.3) is 27.3 Å². The van der Waals surface area contributed by atoms with Crippen LogP contribution in [0.5, 0.6) is 0 Å². The molecular formula is C23H23N5O2S. The average Bonchev–Trinajstić information content (AvgIpc) is 3.44. The predicted molar refractivity (Wildman–Crippen MR) is 125 cm³/mol. The molecule has 0 aliphatic carbocycles. The monoisotopic (exact) mass is 433 g/mol. The molecule has 2 amide bonds. The van der Waals surface area contributed by atoms with Gasteiger partial charge in [-0.3, -0.25) is 14.0 Å². The molecule has 1 aromatic carbocycles. The Labute approximate surface area is 184 Å². The van der Waals surface area contributed by atoms with Gasteiger partial charge in [-0.05, 0) is 43.7 Å². The van der Waals surface area contributed by atoms with Crippen LogP contribution in [-0.4, -0.2) is 53.8 Å². The van der Waals surface area contributed by atoms with Crippen LogP contribution in [0.1, 0.15) is 10.4 Å². The summed E-state index contributed by atoms with van der Waals surface area (Å²) in [5.41, 5.74) is 4.54. The smallest absolute Gasteiger partial charge is 0.251 e. The third-order valence-corrected chi connectivity index (χ3v) is 5.81. The number of nitrogens with one attached hydrogen (secondary N) is 2. The lowest BCUT2D eigenvalue weighted by Gasteiger charge is -2.11. The SMILES string of the molecule is CN(C)CCNC(=O)c1cccc(-c2cnc3c(NC=O)cc(-c4cccs4)cn23)c1. The van der Waals surface area contributed by atoms with Crippen molar-refractivity contribution in [3.8, 4) is 21.7 Å². The van der Waals surface area contributed by atoms with Crippen LogP contribution in [0.3, 0.4) is 0 Å². The molecule has 0 bridgehead atoms. The summed E-state index contributed by atoms with van der Waals surface area (Å²) < 4.78 is 1.95. The first kappa shape index (κ1) is 20.8. The van der Waals surface area contributed by atoms with Crippen LogP contribution in [0, 0.1) is 0 Å². The summed E-state index contributed by atoms with van der Waals surface area (Å²) in [5, 5.41) is 7.71. The van der Waals surface area contributed by atoms with Crippen molar-refractivity contribution in [2.24, 2.45) is 0 Å². The molecular weight excluding hydrogens is 410 g/mol. The molecule has 0 fully saturated rings. The Hall–Kier alpha value is -3.49. The van der Waals surface area contributed by atoms with Crippen molar-refractivity contribution >= 4 is 35.0 Å². The lowest BCUT2D eigenvalue weighted by atomic mass is 10.1. The van der Waals surface area contributed by atoms with Gasteiger partial charge in [0.05, 0.1) is 17.6 Å². The Kier molecular flexibility index (Phi) is 6.11. The molecule has 8 heteroatoms. The minimum atomic E-state index is -0.111. The number of rotatable bonds is 8. The van der Waals surface area contributed by atoms with Crippen LogP contribution in [-0.2, 0) is 4.79 Å². The molecule has 3 heterocycles. The fourth-order valence-electron chi connectivity index (χ4n) is 3.36. The second kappa shape index (κ2) is 9.11. The van der Waals surface area contributed by atoms with E-state index in [1.54, 1.807) is 23.6 Å². The van der Waals surface area contributed by atoms with Crippen molar-refractivity contribution in [3.05, 3.63) is 65.8 Å². The maximum atomic E-state index is 12.6. The third-order valence-electron chi connectivity index (χ3n) is 4.89. The number of carbonyl (C=O) groups excluding carboxylic acids is 2. The van der Waals surface area contributed by atoms with Crippen LogP contribution in [0.15, 0.2) is 60.2 Å². The Bertz CT molecular complexity index is 1210. The van der Waals surface area contributed by atoms with Crippen LogP contribution >= 0.6 is 11.3 Å². The number of benzene rings is 1. The van der Waals surface area contributed by atoms with Crippen LogP contribution in [0.4, 0.5) is 5.69 Å². The van der Waals surface area contributed by atoms with E-state index < -0.39 is 0 Å². The molecule has 0 aliphatic rings. The van der Waals surface area contributed by atoms with Gasteiger partial charge in [-0.25, -0.2) is 4.98 Å². The molecule has 0 spiro atoms. The molecule has 0 radical (unpaired) electrons. The molecule has 0 unspecified atom stereocenters. The van der Waals surface area contributed by atoms with Gasteiger partial charge in [0.2, 0.25) is 6.41 Å². The number of aromatic nitrogens is 2. The second-order valence-electron chi connectivity index (χ2n) is 7.36. The lowest BCUT2D eigenvalue weighted by Crippen LogP contribution is -2.31. The first-order chi connectivity index (χ1) is 15.1. The van der Waals surface area contributed by atoms with E-state index in [9.17, 15) is 9.59 Å². The molecule has 31 heavy (non-hydrogen) atoms. The number of likely N-dealkylation sites (N-methyl/N-ethyl adjacent to an activating group) is 1. The molecule has 2 N–H and O–H groups in total. The summed E-state index contributed by atoms with van der Waals surface area (Å²) in [4.78, 5) is 31.3. The largest absolute Gasteiger partial charge is 0.351 e. The first-order valence-corrected chi connectivity index (χ1v) is 10.7. The average molecular weight is 434 g/mol. The maximum absolute atomic E-state index is 12.6. The molecule has 0 saturated carbocycles. The summed E-state index contributed by atoms with van der Waals surface area (Å²) in [6, 6.07) is 13.4. The predicted octanol–water partition coefficient (Wildman–Crippen LogP) is 3.59. The van der Waals surface area contributed by atoms with Crippen LogP contribution in [0.2, 0.25) is 0 Å². The minimum Gasteiger partial charge on any atom is -0.351 e. The van der Waals surface area contributed by atoms with E-state index in [-0.39, 0.29) is 5.91 Å². The summed E-state index contributed by atoms with van der Waals surface area (Å²) in [6.45, 7) is 1.35. The molecule has 3 aromatic heterocycles. The van der Waals surface area contributed by atoms with E-state index >= 15 is 0 Å². The van der Waals surface area contributed by atoms with Crippen molar-refractivity contribution < 1.29 is 9.59 Å². The van der Waals surface area contributed by atoms with Gasteiger partial charge >= 0.3 is 0 Å². The normalized spacial score (nSPS) is 11.1. The van der Waals surface area contributed by atoms with Gasteiger partial charge in [0.1, 0.15) is 0 Å². The zero-order chi connectivity index (χ0) is 21.8. The second-order valence-corrected chi connectivity index (χ2v) is 8.31. The van der Waals surface area contributed by atoms with Crippen molar-refractivity contribution in [1.29, 1.82) is 0 Å². The highest BCUT2D eigenvalue weighted by Gasteiger charge is 2.14. The molecule has 4 aromatic rings. The number of thiophene rings is 1. The summed E-state index contributed by atoms with van der Waals surface area (Å²) in [6.07, 6.45) is 4.41. The van der Waals surface area contributed by atoms with E-state index in [1.165, 1.54) is 0 Å². The van der Waals surface area contributed by atoms with Crippen molar-refractivity contribution in [2.75, 3.05) is 32.5 Å². The molecule has 0 aliphatic heterocycles. The van der Waals surface area contributed by atoms with Gasteiger partial charge in [-0.15, -0.1) is 11.3 Å². The molecule has 158 valence electrons. The third kappa shape index (κ3) is 4.50. The first-order valence-electron chi connectivity index (χ1n) is 9.85. The molecule has 0 atom stereocenters. The van der Waals surface area contributed by atoms with Crippen molar-refractivity contribution in [2.45, 2.75) is 0 Å². The highest BCUT2D eigenvalue weighted by atomic mass is 32.1. The number of hydrogen-bond donors (Lipinski definition) is 2. The molecule has 7 nitrogen and oxygen atoms in total. The molecule has 4 rings (SSSR count). The Morgan fingerprint density at radius 1 is 1.19 bits per heavy atom. The number of imidazole rings is 1. The minimum absolute atomic E-state index is 0.111. The van der Waals surface area contributed by atoms with E-state index in [1.807, 2.05) is 71.4 Å². The van der Waals surface area contributed by atoms with E-state index in [2.05, 4.69) is 15.6 Å². The zero-order valence-electron chi connectivity index (χ0n) is 17.3. The van der Waals surface area contributed by atoms with Gasteiger partial charge in [0.15, 0.2) is 5.65 Å². The fourth-order valence-corrected chi connectivity index (χ4v) is 4.07. The fraction of sp³-hybridized carbons (Fsp3) is 0.174. The highest BCUT2D eigenvalue weighted by molar-refractivity contribution is 7.13. The number of pyridine rings is 1. The quantitative estimate of drug-likeness (QED) is 0.416. The molecule has 0 saturated heterocycles. The number of fused-ring (bicyclic) bond motifs is 1. The van der Waals surface area contributed by atoms with Crippen LogP contribution < -0.4 is 10.6 Å².